The van der Waals surface area contributed by atoms with E-state index in [-0.39, 0.29) is 5.60 Å². The van der Waals surface area contributed by atoms with Gasteiger partial charge in [0.2, 0.25) is 0 Å². The maximum atomic E-state index is 6.24. The molecule has 2 aliphatic rings. The minimum atomic E-state index is 0.0415. The van der Waals surface area contributed by atoms with Gasteiger partial charge in [0.15, 0.2) is 0 Å². The topological polar surface area (TPSA) is 12.5 Å². The largest absolute Gasteiger partial charge is 0.292 e. The van der Waals surface area contributed by atoms with Gasteiger partial charge in [0, 0.05) is 18.0 Å². The predicted octanol–water partition coefficient (Wildman–Crippen LogP) is 4.40. The van der Waals surface area contributed by atoms with Crippen molar-refractivity contribution in [1.82, 2.24) is 5.06 Å². The second-order valence-corrected chi connectivity index (χ2v) is 7.14. The second-order valence-electron chi connectivity index (χ2n) is 7.14. The standard InChI is InChI=1S/C16H31NO/c1-6-7-8-13-9-10-15-14(11-13)16(4,5)18-17(15)12(2)3/h12-15H,6-11H2,1-5H3/t13-,14-,15-/m1/s1. The first-order chi connectivity index (χ1) is 8.45. The lowest BCUT2D eigenvalue weighted by Crippen LogP contribution is -2.41. The maximum absolute atomic E-state index is 6.24. The van der Waals surface area contributed by atoms with Crippen molar-refractivity contribution in [1.29, 1.82) is 0 Å². The molecule has 106 valence electrons. The molecule has 0 bridgehead atoms. The summed E-state index contributed by atoms with van der Waals surface area (Å²) in [6, 6.07) is 1.17. The van der Waals surface area contributed by atoms with Gasteiger partial charge in [-0.1, -0.05) is 26.2 Å². The van der Waals surface area contributed by atoms with E-state index in [1.165, 1.54) is 38.5 Å². The van der Waals surface area contributed by atoms with Crippen molar-refractivity contribution in [2.75, 3.05) is 0 Å². The molecule has 0 radical (unpaired) electrons. The molecule has 0 spiro atoms. The normalized spacial score (nSPS) is 36.0. The average Bonchev–Trinajstić information content (AvgIpc) is 2.59. The van der Waals surface area contributed by atoms with Gasteiger partial charge in [-0.2, -0.15) is 5.06 Å². The Bertz CT molecular complexity index is 274. The molecule has 2 heteroatoms. The smallest absolute Gasteiger partial charge is 0.0887 e. The van der Waals surface area contributed by atoms with E-state index in [1.807, 2.05) is 0 Å². The fraction of sp³-hybridized carbons (Fsp3) is 1.00. The highest BCUT2D eigenvalue weighted by atomic mass is 16.7. The van der Waals surface area contributed by atoms with Gasteiger partial charge < -0.3 is 0 Å². The number of nitrogens with zero attached hydrogens (tertiary/aromatic N) is 1. The summed E-state index contributed by atoms with van der Waals surface area (Å²) in [4.78, 5) is 6.24. The van der Waals surface area contributed by atoms with E-state index in [0.717, 1.165) is 11.8 Å². The third kappa shape index (κ3) is 2.75. The summed E-state index contributed by atoms with van der Waals surface area (Å²) in [5.41, 5.74) is 0.0415. The van der Waals surface area contributed by atoms with E-state index >= 15 is 0 Å². The van der Waals surface area contributed by atoms with Crippen LogP contribution in [0.25, 0.3) is 0 Å². The van der Waals surface area contributed by atoms with Crippen molar-refractivity contribution in [3.63, 3.8) is 0 Å². The number of rotatable bonds is 4. The Morgan fingerprint density at radius 1 is 1.28 bits per heavy atom. The maximum Gasteiger partial charge on any atom is 0.0887 e. The highest BCUT2D eigenvalue weighted by Crippen LogP contribution is 2.47. The molecule has 0 aromatic carbocycles. The van der Waals surface area contributed by atoms with Crippen LogP contribution in [0.15, 0.2) is 0 Å². The average molecular weight is 253 g/mol. The fourth-order valence-corrected chi connectivity index (χ4v) is 3.94. The molecule has 3 atom stereocenters. The van der Waals surface area contributed by atoms with Gasteiger partial charge in [0.05, 0.1) is 5.60 Å². The Kier molecular flexibility index (Phi) is 4.38. The van der Waals surface area contributed by atoms with E-state index in [0.29, 0.717) is 12.1 Å². The molecule has 0 aromatic rings. The Morgan fingerprint density at radius 3 is 2.61 bits per heavy atom. The molecule has 2 nitrogen and oxygen atoms in total. The summed E-state index contributed by atoms with van der Waals surface area (Å²) in [6.45, 7) is 11.4. The molecule has 0 amide bonds. The van der Waals surface area contributed by atoms with Crippen molar-refractivity contribution in [3.8, 4) is 0 Å². The fourth-order valence-electron chi connectivity index (χ4n) is 3.94. The van der Waals surface area contributed by atoms with Gasteiger partial charge in [-0.25, -0.2) is 0 Å². The van der Waals surface area contributed by atoms with Crippen LogP contribution in [0.5, 0.6) is 0 Å². The molecule has 0 aromatic heterocycles. The van der Waals surface area contributed by atoms with Gasteiger partial charge in [-0.3, -0.25) is 4.84 Å². The van der Waals surface area contributed by atoms with Gasteiger partial charge in [-0.05, 0) is 52.9 Å². The second kappa shape index (κ2) is 5.50. The van der Waals surface area contributed by atoms with E-state index in [4.69, 9.17) is 4.84 Å². The van der Waals surface area contributed by atoms with Gasteiger partial charge in [0.25, 0.3) is 0 Å². The van der Waals surface area contributed by atoms with Gasteiger partial charge in [0.1, 0.15) is 0 Å². The molecule has 1 aliphatic heterocycles. The minimum absolute atomic E-state index is 0.0415. The zero-order valence-electron chi connectivity index (χ0n) is 12.9. The predicted molar refractivity (Wildman–Crippen MR) is 76.3 cm³/mol. The highest BCUT2D eigenvalue weighted by molar-refractivity contribution is 4.98. The van der Waals surface area contributed by atoms with Crippen LogP contribution >= 0.6 is 0 Å². The number of fused-ring (bicyclic) bond motifs is 1. The van der Waals surface area contributed by atoms with Crippen LogP contribution in [0, 0.1) is 11.8 Å². The van der Waals surface area contributed by atoms with Crippen LogP contribution < -0.4 is 0 Å². The molecule has 2 fully saturated rings. The summed E-state index contributed by atoms with van der Waals surface area (Å²) < 4.78 is 0. The van der Waals surface area contributed by atoms with Crippen molar-refractivity contribution in [2.24, 2.45) is 11.8 Å². The van der Waals surface area contributed by atoms with Crippen LogP contribution in [0.3, 0.4) is 0 Å². The van der Waals surface area contributed by atoms with E-state index < -0.39 is 0 Å². The first-order valence-corrected chi connectivity index (χ1v) is 7.93. The van der Waals surface area contributed by atoms with Crippen molar-refractivity contribution in [2.45, 2.75) is 90.8 Å². The van der Waals surface area contributed by atoms with Crippen molar-refractivity contribution in [3.05, 3.63) is 0 Å². The highest BCUT2D eigenvalue weighted by Gasteiger charge is 2.51. The molecule has 0 N–H and O–H groups in total. The Morgan fingerprint density at radius 2 is 2.00 bits per heavy atom. The van der Waals surface area contributed by atoms with Crippen LogP contribution in [-0.2, 0) is 4.84 Å². The van der Waals surface area contributed by atoms with Gasteiger partial charge >= 0.3 is 0 Å². The summed E-state index contributed by atoms with van der Waals surface area (Å²) in [5, 5.41) is 2.29. The molecular weight excluding hydrogens is 222 g/mol. The third-order valence-corrected chi connectivity index (χ3v) is 4.96. The Hall–Kier alpha value is -0.0800. The summed E-state index contributed by atoms with van der Waals surface area (Å²) >= 11 is 0. The zero-order chi connectivity index (χ0) is 13.3. The van der Waals surface area contributed by atoms with E-state index in [1.54, 1.807) is 0 Å². The van der Waals surface area contributed by atoms with Crippen LogP contribution in [0.1, 0.15) is 73.1 Å². The lowest BCUT2D eigenvalue weighted by Gasteiger charge is -2.36. The van der Waals surface area contributed by atoms with E-state index in [9.17, 15) is 0 Å². The molecule has 18 heavy (non-hydrogen) atoms. The van der Waals surface area contributed by atoms with Crippen LogP contribution in [0.4, 0.5) is 0 Å². The SMILES string of the molecule is CCCC[C@@H]1CC[C@@H]2[C@@H](C1)C(C)(C)ON2C(C)C. The lowest BCUT2D eigenvalue weighted by atomic mass is 9.70. The Labute approximate surface area is 113 Å². The number of hydrogen-bond donors (Lipinski definition) is 0. The van der Waals surface area contributed by atoms with Crippen molar-refractivity contribution < 1.29 is 4.84 Å². The van der Waals surface area contributed by atoms with Crippen molar-refractivity contribution >= 4 is 0 Å². The molecular formula is C16H31NO. The zero-order valence-corrected chi connectivity index (χ0v) is 12.9. The Balaban J connectivity index is 2.02. The van der Waals surface area contributed by atoms with Crippen LogP contribution in [-0.4, -0.2) is 22.7 Å². The molecule has 0 unspecified atom stereocenters. The van der Waals surface area contributed by atoms with E-state index in [2.05, 4.69) is 39.7 Å². The number of hydrogen-bond acceptors (Lipinski definition) is 2. The molecule has 1 saturated heterocycles. The monoisotopic (exact) mass is 253 g/mol. The summed E-state index contributed by atoms with van der Waals surface area (Å²) in [5.74, 6) is 1.68. The van der Waals surface area contributed by atoms with Crippen LogP contribution in [0.2, 0.25) is 0 Å². The third-order valence-electron chi connectivity index (χ3n) is 4.96. The summed E-state index contributed by atoms with van der Waals surface area (Å²) in [7, 11) is 0. The summed E-state index contributed by atoms with van der Waals surface area (Å²) in [6.07, 6.45) is 8.28. The minimum Gasteiger partial charge on any atom is -0.292 e. The van der Waals surface area contributed by atoms with Gasteiger partial charge in [-0.15, -0.1) is 0 Å². The molecule has 1 saturated carbocycles. The number of unbranched alkanes of at least 4 members (excludes halogenated alkanes) is 1. The number of hydroxylamine groups is 2. The first kappa shape index (κ1) is 14.3. The molecule has 1 aliphatic carbocycles. The quantitative estimate of drug-likeness (QED) is 0.736. The molecule has 2 rings (SSSR count). The molecule has 1 heterocycles. The lowest BCUT2D eigenvalue weighted by molar-refractivity contribution is -0.211. The first-order valence-electron chi connectivity index (χ1n) is 7.93.